The zero-order valence-corrected chi connectivity index (χ0v) is 7.52. The Morgan fingerprint density at radius 3 is 2.20 bits per heavy atom. The van der Waals surface area contributed by atoms with Gasteiger partial charge in [-0.3, -0.25) is 4.57 Å². The lowest BCUT2D eigenvalue weighted by Crippen LogP contribution is -2.28. The smallest absolute Gasteiger partial charge is 0.211 e. The van der Waals surface area contributed by atoms with Crippen LogP contribution in [0, 0.1) is 0 Å². The lowest BCUT2D eigenvalue weighted by Gasteiger charge is -2.22. The van der Waals surface area contributed by atoms with Crippen molar-refractivity contribution < 1.29 is 14.3 Å². The highest BCUT2D eigenvalue weighted by molar-refractivity contribution is 7.60. The van der Waals surface area contributed by atoms with Crippen molar-refractivity contribution in [2.45, 2.75) is 12.1 Å². The summed E-state index contributed by atoms with van der Waals surface area (Å²) in [5.74, 6) is -0.124. The summed E-state index contributed by atoms with van der Waals surface area (Å²) in [4.78, 5) is 19.3. The van der Waals surface area contributed by atoms with Crippen LogP contribution in [-0.4, -0.2) is 28.9 Å². The summed E-state index contributed by atoms with van der Waals surface area (Å²) in [6.07, 6.45) is 0.431. The first-order valence-corrected chi connectivity index (χ1v) is 5.34. The first kappa shape index (κ1) is 10.2. The predicted molar refractivity (Wildman–Crippen MR) is 40.9 cm³/mol. The molecule has 0 aromatic heterocycles. The molecule has 0 radical (unpaired) electrons. The van der Waals surface area contributed by atoms with E-state index in [1.807, 2.05) is 0 Å². The number of halogens is 1. The van der Waals surface area contributed by atoms with E-state index in [0.717, 1.165) is 6.66 Å². The van der Waals surface area contributed by atoms with Gasteiger partial charge in [0.1, 0.15) is 11.4 Å². The molecule has 5 heteroatoms. The fourth-order valence-electron chi connectivity index (χ4n) is 0.240. The average Bonchev–Trinajstić information content (AvgIpc) is 1.84. The number of hydrogen-bond acceptors (Lipinski definition) is 2. The zero-order valence-electron chi connectivity index (χ0n) is 5.87. The van der Waals surface area contributed by atoms with Crippen LogP contribution in [0.15, 0.2) is 0 Å². The van der Waals surface area contributed by atoms with Crippen LogP contribution in [0.2, 0.25) is 0 Å². The molecule has 0 heterocycles. The van der Waals surface area contributed by atoms with Gasteiger partial charge in [0.05, 0.1) is 0 Å². The van der Waals surface area contributed by atoms with Crippen molar-refractivity contribution >= 4 is 25.3 Å². The van der Waals surface area contributed by atoms with E-state index in [-0.39, 0.29) is 5.88 Å². The first-order chi connectivity index (χ1) is 4.37. The van der Waals surface area contributed by atoms with Gasteiger partial charge in [-0.15, -0.1) is 11.6 Å². The minimum absolute atomic E-state index is 0.124. The Balaban J connectivity index is 4.66. The summed E-state index contributed by atoms with van der Waals surface area (Å²) in [6.45, 7) is 2.50. The number of aldehydes is 1. The maximum Gasteiger partial charge on any atom is 0.211 e. The Labute approximate surface area is 64.8 Å². The second-order valence-corrected chi connectivity index (χ2v) is 5.53. The first-order valence-electron chi connectivity index (χ1n) is 2.70. The second kappa shape index (κ2) is 3.04. The molecule has 0 amide bonds. The van der Waals surface area contributed by atoms with E-state index in [9.17, 15) is 9.36 Å². The highest BCUT2D eigenvalue weighted by atomic mass is 35.5. The molecule has 1 N–H and O–H groups in total. The topological polar surface area (TPSA) is 54.4 Å². The van der Waals surface area contributed by atoms with E-state index in [2.05, 4.69) is 0 Å². The molecule has 3 nitrogen and oxygen atoms in total. The number of carbonyl (C=O) groups excluding carboxylic acids is 1. The Morgan fingerprint density at radius 1 is 1.80 bits per heavy atom. The lowest BCUT2D eigenvalue weighted by molar-refractivity contribution is -0.109. The Kier molecular flexibility index (Phi) is 3.08. The van der Waals surface area contributed by atoms with Crippen molar-refractivity contribution in [3.63, 3.8) is 0 Å². The molecule has 2 unspecified atom stereocenters. The molecule has 0 fully saturated rings. The van der Waals surface area contributed by atoms with Crippen molar-refractivity contribution in [2.75, 3.05) is 12.5 Å². The number of carbonyl (C=O) groups is 1. The molecule has 0 saturated heterocycles. The fraction of sp³-hybridized carbons (Fsp3) is 0.800. The summed E-state index contributed by atoms with van der Waals surface area (Å²) >= 11 is 5.33. The van der Waals surface area contributed by atoms with Gasteiger partial charge in [-0.05, 0) is 6.92 Å². The van der Waals surface area contributed by atoms with Crippen LogP contribution in [-0.2, 0) is 9.36 Å². The number of alkyl halides is 1. The minimum Gasteiger partial charge on any atom is -0.344 e. The van der Waals surface area contributed by atoms with Crippen LogP contribution >= 0.6 is 19.0 Å². The number of hydrogen-bond donors (Lipinski definition) is 1. The highest BCUT2D eigenvalue weighted by Gasteiger charge is 2.38. The van der Waals surface area contributed by atoms with Gasteiger partial charge in [-0.2, -0.15) is 0 Å². The molecule has 0 saturated carbocycles. The highest BCUT2D eigenvalue weighted by Crippen LogP contribution is 2.49. The van der Waals surface area contributed by atoms with Crippen molar-refractivity contribution in [1.29, 1.82) is 0 Å². The van der Waals surface area contributed by atoms with E-state index in [0.29, 0.717) is 6.29 Å². The van der Waals surface area contributed by atoms with Crippen molar-refractivity contribution in [2.24, 2.45) is 0 Å². The molecule has 0 aliphatic heterocycles. The predicted octanol–water partition coefficient (Wildman–Crippen LogP) is 1.08. The molecule has 0 spiro atoms. The Hall–Kier alpha value is 0.150. The van der Waals surface area contributed by atoms with Crippen LogP contribution in [0.4, 0.5) is 0 Å². The number of rotatable bonds is 3. The third-order valence-electron chi connectivity index (χ3n) is 1.47. The molecule has 0 aliphatic rings. The fourth-order valence-corrected chi connectivity index (χ4v) is 1.39. The largest absolute Gasteiger partial charge is 0.344 e. The summed E-state index contributed by atoms with van der Waals surface area (Å²) in [5, 5.41) is -1.28. The van der Waals surface area contributed by atoms with Gasteiger partial charge >= 0.3 is 0 Å². The standard InChI is InChI=1S/C5H10ClO3P/c1-5(3-6,4-7)10(2,8)9/h4H,3H2,1-2H3,(H,8,9). The van der Waals surface area contributed by atoms with Crippen LogP contribution in [0.3, 0.4) is 0 Å². The van der Waals surface area contributed by atoms with Crippen LogP contribution in [0.5, 0.6) is 0 Å². The van der Waals surface area contributed by atoms with E-state index in [1.165, 1.54) is 6.92 Å². The van der Waals surface area contributed by atoms with E-state index < -0.39 is 12.5 Å². The summed E-state index contributed by atoms with van der Waals surface area (Å²) in [5.41, 5.74) is 0. The van der Waals surface area contributed by atoms with Gasteiger partial charge < -0.3 is 9.69 Å². The molecule has 60 valence electrons. The second-order valence-electron chi connectivity index (χ2n) is 2.49. The molecule has 0 aliphatic carbocycles. The molecule has 0 aromatic rings. The quantitative estimate of drug-likeness (QED) is 0.406. The molecule has 0 aromatic carbocycles. The Morgan fingerprint density at radius 2 is 2.20 bits per heavy atom. The lowest BCUT2D eigenvalue weighted by atomic mass is 10.2. The normalized spacial score (nSPS) is 22.8. The summed E-state index contributed by atoms with van der Waals surface area (Å²) in [6, 6.07) is 0. The van der Waals surface area contributed by atoms with Gasteiger partial charge in [0, 0.05) is 12.5 Å². The Bertz CT molecular complexity index is 176. The van der Waals surface area contributed by atoms with Gasteiger partial charge in [0.2, 0.25) is 7.37 Å². The molecular weight excluding hydrogens is 174 g/mol. The molecule has 10 heavy (non-hydrogen) atoms. The van der Waals surface area contributed by atoms with Gasteiger partial charge in [0.25, 0.3) is 0 Å². The van der Waals surface area contributed by atoms with Crippen molar-refractivity contribution in [3.8, 4) is 0 Å². The maximum absolute atomic E-state index is 10.9. The van der Waals surface area contributed by atoms with Crippen LogP contribution in [0.1, 0.15) is 6.92 Å². The summed E-state index contributed by atoms with van der Waals surface area (Å²) in [7, 11) is -3.39. The van der Waals surface area contributed by atoms with E-state index in [1.54, 1.807) is 0 Å². The third-order valence-corrected chi connectivity index (χ3v) is 4.37. The SMILES string of the molecule is CC(C=O)(CCl)P(C)(=O)O. The maximum atomic E-state index is 10.9. The molecule has 0 bridgehead atoms. The average molecular weight is 185 g/mol. The van der Waals surface area contributed by atoms with Gasteiger partial charge in [0.15, 0.2) is 0 Å². The monoisotopic (exact) mass is 184 g/mol. The molecule has 0 rings (SSSR count). The molecule has 2 atom stereocenters. The van der Waals surface area contributed by atoms with Crippen molar-refractivity contribution in [1.82, 2.24) is 0 Å². The van der Waals surface area contributed by atoms with E-state index in [4.69, 9.17) is 16.5 Å². The van der Waals surface area contributed by atoms with Crippen LogP contribution in [0.25, 0.3) is 0 Å². The van der Waals surface area contributed by atoms with Gasteiger partial charge in [-0.25, -0.2) is 0 Å². The van der Waals surface area contributed by atoms with Crippen molar-refractivity contribution in [3.05, 3.63) is 0 Å². The van der Waals surface area contributed by atoms with E-state index >= 15 is 0 Å². The van der Waals surface area contributed by atoms with Crippen LogP contribution < -0.4 is 0 Å². The van der Waals surface area contributed by atoms with Gasteiger partial charge in [-0.1, -0.05) is 0 Å². The third kappa shape index (κ3) is 1.82. The zero-order chi connectivity index (χ0) is 8.41. The minimum atomic E-state index is -3.39. The summed E-state index contributed by atoms with van der Waals surface area (Å²) < 4.78 is 10.9. The molecular formula is C5H10ClO3P.